The molecule has 9 heteroatoms. The van der Waals surface area contributed by atoms with Gasteiger partial charge in [0.15, 0.2) is 0 Å². The number of aromatic nitrogens is 2. The van der Waals surface area contributed by atoms with Crippen LogP contribution in [0.3, 0.4) is 0 Å². The second-order valence-corrected chi connectivity index (χ2v) is 8.62. The molecule has 0 radical (unpaired) electrons. The molecule has 148 valence electrons. The van der Waals surface area contributed by atoms with Crippen LogP contribution in [0.15, 0.2) is 42.5 Å². The van der Waals surface area contributed by atoms with E-state index in [0.717, 1.165) is 11.3 Å². The number of aryl methyl sites for hydroxylation is 1. The molecule has 1 atom stereocenters. The molecule has 1 saturated heterocycles. The normalized spacial score (nSPS) is 16.3. The van der Waals surface area contributed by atoms with Gasteiger partial charge in [0, 0.05) is 29.6 Å². The maximum absolute atomic E-state index is 12.5. The van der Waals surface area contributed by atoms with Gasteiger partial charge in [0.1, 0.15) is 5.01 Å². The van der Waals surface area contributed by atoms with Crippen LogP contribution in [0.4, 0.5) is 10.8 Å². The summed E-state index contributed by atoms with van der Waals surface area (Å²) in [5.74, 6) is -0.434. The first kappa shape index (κ1) is 19.8. The van der Waals surface area contributed by atoms with Gasteiger partial charge in [-0.15, -0.1) is 10.2 Å². The molecule has 1 fully saturated rings. The summed E-state index contributed by atoms with van der Waals surface area (Å²) in [5, 5.41) is 12.7. The maximum atomic E-state index is 12.5. The largest absolute Gasteiger partial charge is 0.312 e. The van der Waals surface area contributed by atoms with Crippen molar-refractivity contribution in [1.29, 1.82) is 0 Å². The molecule has 4 rings (SSSR count). The molecule has 0 aliphatic carbocycles. The lowest BCUT2D eigenvalue weighted by Gasteiger charge is -2.16. The Kier molecular flexibility index (Phi) is 5.54. The monoisotopic (exact) mass is 446 g/mol. The van der Waals surface area contributed by atoms with Crippen LogP contribution in [0.5, 0.6) is 0 Å². The lowest BCUT2D eigenvalue weighted by molar-refractivity contribution is -0.117. The van der Waals surface area contributed by atoms with Crippen molar-refractivity contribution in [2.24, 2.45) is 0 Å². The lowest BCUT2D eigenvalue weighted by Crippen LogP contribution is -2.24. The predicted molar refractivity (Wildman–Crippen MR) is 115 cm³/mol. The molecule has 2 amide bonds. The van der Waals surface area contributed by atoms with Gasteiger partial charge >= 0.3 is 0 Å². The number of amides is 2. The van der Waals surface area contributed by atoms with Crippen molar-refractivity contribution in [2.75, 3.05) is 16.8 Å². The van der Waals surface area contributed by atoms with E-state index in [9.17, 15) is 9.59 Å². The van der Waals surface area contributed by atoms with Crippen molar-refractivity contribution in [2.45, 2.75) is 19.3 Å². The van der Waals surface area contributed by atoms with Crippen LogP contribution in [0.1, 0.15) is 33.3 Å². The maximum Gasteiger partial charge on any atom is 0.259 e. The first-order valence-electron chi connectivity index (χ1n) is 8.87. The first-order valence-corrected chi connectivity index (χ1v) is 10.4. The van der Waals surface area contributed by atoms with Crippen LogP contribution >= 0.6 is 34.5 Å². The van der Waals surface area contributed by atoms with Crippen molar-refractivity contribution < 1.29 is 9.59 Å². The van der Waals surface area contributed by atoms with E-state index in [0.29, 0.717) is 33.2 Å². The van der Waals surface area contributed by atoms with Crippen molar-refractivity contribution in [1.82, 2.24) is 10.2 Å². The van der Waals surface area contributed by atoms with E-state index >= 15 is 0 Å². The highest BCUT2D eigenvalue weighted by Crippen LogP contribution is 2.34. The van der Waals surface area contributed by atoms with Gasteiger partial charge in [-0.05, 0) is 37.3 Å². The highest BCUT2D eigenvalue weighted by atomic mass is 35.5. The van der Waals surface area contributed by atoms with Crippen LogP contribution in [0.25, 0.3) is 0 Å². The molecule has 29 heavy (non-hydrogen) atoms. The van der Waals surface area contributed by atoms with Crippen LogP contribution in [0, 0.1) is 6.92 Å². The Balaban J connectivity index is 1.46. The molecule has 1 N–H and O–H groups in total. The molecule has 1 unspecified atom stereocenters. The van der Waals surface area contributed by atoms with E-state index < -0.39 is 5.91 Å². The van der Waals surface area contributed by atoms with Gasteiger partial charge in [-0.25, -0.2) is 0 Å². The number of nitrogens with one attached hydrogen (secondary N) is 1. The van der Waals surface area contributed by atoms with E-state index in [1.54, 1.807) is 17.0 Å². The fourth-order valence-corrected chi connectivity index (χ4v) is 4.34. The van der Waals surface area contributed by atoms with E-state index in [-0.39, 0.29) is 17.4 Å². The third-order valence-electron chi connectivity index (χ3n) is 4.65. The number of carbonyl (C=O) groups is 2. The van der Waals surface area contributed by atoms with Crippen LogP contribution in [-0.4, -0.2) is 28.6 Å². The second-order valence-electron chi connectivity index (χ2n) is 6.76. The highest BCUT2D eigenvalue weighted by Gasteiger charge is 2.34. The van der Waals surface area contributed by atoms with E-state index in [2.05, 4.69) is 15.5 Å². The summed E-state index contributed by atoms with van der Waals surface area (Å²) >= 11 is 13.3. The number of rotatable bonds is 4. The molecule has 1 aliphatic heterocycles. The minimum atomic E-state index is -0.413. The number of hydrogen-bond donors (Lipinski definition) is 1. The average Bonchev–Trinajstić information content (AvgIpc) is 3.31. The Labute approximate surface area is 181 Å². The Morgan fingerprint density at radius 2 is 1.93 bits per heavy atom. The Morgan fingerprint density at radius 3 is 2.69 bits per heavy atom. The Hall–Kier alpha value is -2.48. The Morgan fingerprint density at radius 1 is 1.17 bits per heavy atom. The number of anilines is 2. The van der Waals surface area contributed by atoms with Crippen LogP contribution in [0.2, 0.25) is 10.0 Å². The highest BCUT2D eigenvalue weighted by molar-refractivity contribution is 7.15. The van der Waals surface area contributed by atoms with Gasteiger partial charge in [0.05, 0.1) is 10.6 Å². The molecule has 1 aliphatic rings. The number of nitrogens with zero attached hydrogens (tertiary/aromatic N) is 3. The SMILES string of the molecule is Cc1ccc(N2CC(c3nnc(NC(=O)c4cc(Cl)ccc4Cl)s3)CC2=O)cc1. The summed E-state index contributed by atoms with van der Waals surface area (Å²) in [6.45, 7) is 2.54. The zero-order valence-corrected chi connectivity index (χ0v) is 17.7. The minimum Gasteiger partial charge on any atom is -0.312 e. The zero-order chi connectivity index (χ0) is 20.5. The molecule has 0 spiro atoms. The summed E-state index contributed by atoms with van der Waals surface area (Å²) in [6, 6.07) is 12.5. The number of halogens is 2. The molecular weight excluding hydrogens is 431 g/mol. The predicted octanol–water partition coefficient (Wildman–Crippen LogP) is 4.93. The number of carbonyl (C=O) groups excluding carboxylic acids is 2. The molecule has 0 saturated carbocycles. The molecule has 0 bridgehead atoms. The molecule has 3 aromatic rings. The van der Waals surface area contributed by atoms with Crippen molar-refractivity contribution >= 4 is 57.2 Å². The number of benzene rings is 2. The van der Waals surface area contributed by atoms with Gasteiger partial charge in [-0.3, -0.25) is 14.9 Å². The topological polar surface area (TPSA) is 75.2 Å². The van der Waals surface area contributed by atoms with Gasteiger partial charge in [0.25, 0.3) is 5.91 Å². The molecule has 1 aromatic heterocycles. The molecule has 2 heterocycles. The Bertz CT molecular complexity index is 1080. The van der Waals surface area contributed by atoms with Crippen LogP contribution in [-0.2, 0) is 4.79 Å². The summed E-state index contributed by atoms with van der Waals surface area (Å²) in [7, 11) is 0. The quantitative estimate of drug-likeness (QED) is 0.616. The third kappa shape index (κ3) is 4.27. The first-order chi connectivity index (χ1) is 13.9. The summed E-state index contributed by atoms with van der Waals surface area (Å²) in [5.41, 5.74) is 2.27. The van der Waals surface area contributed by atoms with Gasteiger partial charge in [-0.2, -0.15) is 0 Å². The number of hydrogen-bond acceptors (Lipinski definition) is 5. The molecule has 6 nitrogen and oxygen atoms in total. The zero-order valence-electron chi connectivity index (χ0n) is 15.4. The third-order valence-corrected chi connectivity index (χ3v) is 6.22. The average molecular weight is 447 g/mol. The van der Waals surface area contributed by atoms with E-state index in [4.69, 9.17) is 23.2 Å². The smallest absolute Gasteiger partial charge is 0.259 e. The van der Waals surface area contributed by atoms with Crippen molar-refractivity contribution in [3.8, 4) is 0 Å². The minimum absolute atomic E-state index is 0.0466. The molecule has 2 aromatic carbocycles. The van der Waals surface area contributed by atoms with E-state index in [1.807, 2.05) is 31.2 Å². The second kappa shape index (κ2) is 8.10. The van der Waals surface area contributed by atoms with Crippen molar-refractivity contribution in [3.63, 3.8) is 0 Å². The van der Waals surface area contributed by atoms with Gasteiger partial charge < -0.3 is 4.90 Å². The van der Waals surface area contributed by atoms with Gasteiger partial charge in [0.2, 0.25) is 11.0 Å². The van der Waals surface area contributed by atoms with E-state index in [1.165, 1.54) is 17.4 Å². The van der Waals surface area contributed by atoms with Crippen LogP contribution < -0.4 is 10.2 Å². The fourth-order valence-electron chi connectivity index (χ4n) is 3.13. The van der Waals surface area contributed by atoms with Gasteiger partial charge in [-0.1, -0.05) is 52.2 Å². The molecular formula is C20H16Cl2N4O2S. The fraction of sp³-hybridized carbons (Fsp3) is 0.200. The van der Waals surface area contributed by atoms with Crippen molar-refractivity contribution in [3.05, 3.63) is 68.6 Å². The lowest BCUT2D eigenvalue weighted by atomic mass is 10.1. The summed E-state index contributed by atoms with van der Waals surface area (Å²) in [6.07, 6.45) is 0.358. The summed E-state index contributed by atoms with van der Waals surface area (Å²) in [4.78, 5) is 26.7. The summed E-state index contributed by atoms with van der Waals surface area (Å²) < 4.78 is 0. The standard InChI is InChI=1S/C20H16Cl2N4O2S/c1-11-2-5-14(6-3-11)26-10-12(8-17(26)27)19-24-25-20(29-19)23-18(28)15-9-13(21)4-7-16(15)22/h2-7,9,12H,8,10H2,1H3,(H,23,25,28).